The van der Waals surface area contributed by atoms with E-state index in [1.165, 1.54) is 5.56 Å². The van der Waals surface area contributed by atoms with Crippen LogP contribution in [0, 0.1) is 5.92 Å². The Hall–Kier alpha value is -2.18. The van der Waals surface area contributed by atoms with Crippen molar-refractivity contribution in [2.45, 2.75) is 25.7 Å². The molecule has 1 heterocycles. The van der Waals surface area contributed by atoms with Gasteiger partial charge in [0.1, 0.15) is 0 Å². The van der Waals surface area contributed by atoms with E-state index in [9.17, 15) is 9.59 Å². The van der Waals surface area contributed by atoms with Gasteiger partial charge in [-0.1, -0.05) is 46.3 Å². The molecule has 0 atom stereocenters. The molecule has 1 saturated heterocycles. The molecule has 2 amide bonds. The van der Waals surface area contributed by atoms with Crippen molar-refractivity contribution in [3.05, 3.63) is 70.2 Å². The summed E-state index contributed by atoms with van der Waals surface area (Å²) in [6.45, 7) is 3.12. The number of rotatable bonds is 9. The summed E-state index contributed by atoms with van der Waals surface area (Å²) in [7, 11) is 1.67. The fraction of sp³-hybridized carbons (Fsp3) is 0.440. The molecule has 5 nitrogen and oxygen atoms in total. The molecule has 1 aliphatic heterocycles. The van der Waals surface area contributed by atoms with E-state index in [0.29, 0.717) is 44.6 Å². The number of methoxy groups -OCH3 is 1. The summed E-state index contributed by atoms with van der Waals surface area (Å²) in [4.78, 5) is 29.7. The topological polar surface area (TPSA) is 49.9 Å². The third-order valence-electron chi connectivity index (χ3n) is 5.84. The minimum atomic E-state index is -0.0254. The summed E-state index contributed by atoms with van der Waals surface area (Å²) in [5, 5.41) is 0. The maximum absolute atomic E-state index is 13.2. The van der Waals surface area contributed by atoms with E-state index in [0.717, 1.165) is 23.9 Å². The van der Waals surface area contributed by atoms with Gasteiger partial charge in [0.2, 0.25) is 5.91 Å². The molecular formula is C25H31BrN2O3. The first-order valence-electron chi connectivity index (χ1n) is 10.9. The Labute approximate surface area is 193 Å². The SMILES string of the molecule is COCCN(CCCc1ccccc1)C(=O)C1CCN(C(=O)c2ccc(Br)cc2)CC1. The molecule has 166 valence electrons. The van der Waals surface area contributed by atoms with Crippen molar-refractivity contribution >= 4 is 27.7 Å². The van der Waals surface area contributed by atoms with E-state index in [4.69, 9.17) is 4.74 Å². The first-order valence-corrected chi connectivity index (χ1v) is 11.7. The Morgan fingerprint density at radius 1 is 1.03 bits per heavy atom. The largest absolute Gasteiger partial charge is 0.383 e. The molecule has 0 bridgehead atoms. The predicted octanol–water partition coefficient (Wildman–Crippen LogP) is 4.41. The second kappa shape index (κ2) is 12.0. The van der Waals surface area contributed by atoms with E-state index in [1.54, 1.807) is 7.11 Å². The summed E-state index contributed by atoms with van der Waals surface area (Å²) < 4.78 is 6.19. The van der Waals surface area contributed by atoms with Crippen molar-refractivity contribution in [1.82, 2.24) is 9.80 Å². The predicted molar refractivity (Wildman–Crippen MR) is 126 cm³/mol. The Morgan fingerprint density at radius 3 is 2.35 bits per heavy atom. The zero-order valence-electron chi connectivity index (χ0n) is 18.1. The monoisotopic (exact) mass is 486 g/mol. The smallest absolute Gasteiger partial charge is 0.253 e. The number of amides is 2. The molecular weight excluding hydrogens is 456 g/mol. The molecule has 0 unspecified atom stereocenters. The van der Waals surface area contributed by atoms with Crippen molar-refractivity contribution in [2.75, 3.05) is 39.9 Å². The quantitative estimate of drug-likeness (QED) is 0.527. The first-order chi connectivity index (χ1) is 15.1. The fourth-order valence-electron chi connectivity index (χ4n) is 4.02. The lowest BCUT2D eigenvalue weighted by atomic mass is 9.94. The molecule has 0 spiro atoms. The molecule has 1 fully saturated rings. The van der Waals surface area contributed by atoms with Crippen molar-refractivity contribution in [2.24, 2.45) is 5.92 Å². The van der Waals surface area contributed by atoms with Crippen LogP contribution in [0.25, 0.3) is 0 Å². The van der Waals surface area contributed by atoms with Gasteiger partial charge in [-0.3, -0.25) is 9.59 Å². The fourth-order valence-corrected chi connectivity index (χ4v) is 4.28. The molecule has 3 rings (SSSR count). The second-order valence-electron chi connectivity index (χ2n) is 7.98. The van der Waals surface area contributed by atoms with Gasteiger partial charge in [0.25, 0.3) is 5.91 Å². The number of aryl methyl sites for hydroxylation is 1. The number of likely N-dealkylation sites (tertiary alicyclic amines) is 1. The molecule has 0 N–H and O–H groups in total. The second-order valence-corrected chi connectivity index (χ2v) is 8.90. The van der Waals surface area contributed by atoms with Gasteiger partial charge in [0, 0.05) is 49.2 Å². The van der Waals surface area contributed by atoms with Gasteiger partial charge < -0.3 is 14.5 Å². The zero-order valence-corrected chi connectivity index (χ0v) is 19.7. The number of hydrogen-bond acceptors (Lipinski definition) is 3. The standard InChI is InChI=1S/C25H31BrN2O3/c1-31-19-18-27(15-5-8-20-6-3-2-4-7-20)25(30)22-13-16-28(17-14-22)24(29)21-9-11-23(26)12-10-21/h2-4,6-7,9-12,22H,5,8,13-19H2,1H3. The molecule has 1 aliphatic rings. The van der Waals surface area contributed by atoms with Crippen molar-refractivity contribution in [3.63, 3.8) is 0 Å². The number of carbonyl (C=O) groups excluding carboxylic acids is 2. The minimum absolute atomic E-state index is 0.0254. The lowest BCUT2D eigenvalue weighted by Crippen LogP contribution is -2.45. The van der Waals surface area contributed by atoms with Gasteiger partial charge in [-0.15, -0.1) is 0 Å². The molecule has 2 aromatic rings. The van der Waals surface area contributed by atoms with Crippen LogP contribution in [0.3, 0.4) is 0 Å². The van der Waals surface area contributed by atoms with Crippen molar-refractivity contribution in [3.8, 4) is 0 Å². The number of piperidine rings is 1. The number of benzene rings is 2. The van der Waals surface area contributed by atoms with Gasteiger partial charge in [-0.05, 0) is 55.5 Å². The van der Waals surface area contributed by atoms with Gasteiger partial charge in [0.15, 0.2) is 0 Å². The number of carbonyl (C=O) groups is 2. The van der Waals surface area contributed by atoms with Crippen LogP contribution in [0.1, 0.15) is 35.2 Å². The Morgan fingerprint density at radius 2 is 1.71 bits per heavy atom. The summed E-state index contributed by atoms with van der Waals surface area (Å²) >= 11 is 3.40. The van der Waals surface area contributed by atoms with Crippen LogP contribution in [-0.2, 0) is 16.0 Å². The van der Waals surface area contributed by atoms with Crippen LogP contribution in [0.2, 0.25) is 0 Å². The van der Waals surface area contributed by atoms with E-state index < -0.39 is 0 Å². The highest BCUT2D eigenvalue weighted by Crippen LogP contribution is 2.22. The van der Waals surface area contributed by atoms with Gasteiger partial charge in [0.05, 0.1) is 6.61 Å². The lowest BCUT2D eigenvalue weighted by molar-refractivity contribution is -0.137. The normalized spacial score (nSPS) is 14.5. The van der Waals surface area contributed by atoms with Crippen LogP contribution in [-0.4, -0.2) is 61.5 Å². The molecule has 0 saturated carbocycles. The highest BCUT2D eigenvalue weighted by Gasteiger charge is 2.30. The number of hydrogen-bond donors (Lipinski definition) is 0. The number of halogens is 1. The first kappa shape index (κ1) is 23.5. The van der Waals surface area contributed by atoms with E-state index in [-0.39, 0.29) is 17.7 Å². The third-order valence-corrected chi connectivity index (χ3v) is 6.36. The van der Waals surface area contributed by atoms with Gasteiger partial charge in [-0.2, -0.15) is 0 Å². The number of nitrogens with zero attached hydrogens (tertiary/aromatic N) is 2. The van der Waals surface area contributed by atoms with Gasteiger partial charge >= 0.3 is 0 Å². The molecule has 31 heavy (non-hydrogen) atoms. The van der Waals surface area contributed by atoms with Crippen LogP contribution in [0.15, 0.2) is 59.1 Å². The maximum atomic E-state index is 13.2. The van der Waals surface area contributed by atoms with Crippen molar-refractivity contribution in [1.29, 1.82) is 0 Å². The summed E-state index contributed by atoms with van der Waals surface area (Å²) in [5.41, 5.74) is 1.98. The average molecular weight is 487 g/mol. The number of ether oxygens (including phenoxy) is 1. The third kappa shape index (κ3) is 6.91. The van der Waals surface area contributed by atoms with E-state index >= 15 is 0 Å². The Bertz CT molecular complexity index is 834. The maximum Gasteiger partial charge on any atom is 0.253 e. The molecule has 2 aromatic carbocycles. The molecule has 0 aliphatic carbocycles. The highest BCUT2D eigenvalue weighted by atomic mass is 79.9. The van der Waals surface area contributed by atoms with E-state index in [1.807, 2.05) is 52.3 Å². The van der Waals surface area contributed by atoms with Crippen LogP contribution < -0.4 is 0 Å². The summed E-state index contributed by atoms with van der Waals surface area (Å²) in [6, 6.07) is 17.8. The average Bonchev–Trinajstić information content (AvgIpc) is 2.81. The lowest BCUT2D eigenvalue weighted by Gasteiger charge is -2.34. The van der Waals surface area contributed by atoms with Crippen molar-refractivity contribution < 1.29 is 14.3 Å². The highest BCUT2D eigenvalue weighted by molar-refractivity contribution is 9.10. The minimum Gasteiger partial charge on any atom is -0.383 e. The summed E-state index contributed by atoms with van der Waals surface area (Å²) in [6.07, 6.45) is 3.31. The summed E-state index contributed by atoms with van der Waals surface area (Å²) in [5.74, 6) is 0.209. The van der Waals surface area contributed by atoms with E-state index in [2.05, 4.69) is 28.1 Å². The van der Waals surface area contributed by atoms with Crippen LogP contribution in [0.4, 0.5) is 0 Å². The van der Waals surface area contributed by atoms with Crippen LogP contribution >= 0.6 is 15.9 Å². The van der Waals surface area contributed by atoms with Crippen LogP contribution in [0.5, 0.6) is 0 Å². The molecule has 0 radical (unpaired) electrons. The van der Waals surface area contributed by atoms with Gasteiger partial charge in [-0.25, -0.2) is 0 Å². The molecule has 6 heteroatoms. The zero-order chi connectivity index (χ0) is 22.1. The Balaban J connectivity index is 1.51. The Kier molecular flexibility index (Phi) is 9.10. The molecule has 0 aromatic heterocycles.